The molecule has 0 amide bonds. The molecule has 1 saturated heterocycles. The molecule has 0 saturated carbocycles. The number of aliphatic carboxylic acids is 1. The van der Waals surface area contributed by atoms with Gasteiger partial charge in [-0.2, -0.15) is 0 Å². The van der Waals surface area contributed by atoms with Crippen LogP contribution in [0.15, 0.2) is 53.6 Å². The minimum absolute atomic E-state index is 0.0755. The van der Waals surface area contributed by atoms with Crippen LogP contribution in [0.25, 0.3) is 10.9 Å². The number of carbonyl (C=O) groups is 1. The zero-order valence-corrected chi connectivity index (χ0v) is 22.2. The summed E-state index contributed by atoms with van der Waals surface area (Å²) in [5.74, 6) is -0.901. The lowest BCUT2D eigenvalue weighted by molar-refractivity contribution is -0.137. The van der Waals surface area contributed by atoms with E-state index in [0.717, 1.165) is 36.5 Å². The molecule has 5 nitrogen and oxygen atoms in total. The van der Waals surface area contributed by atoms with Gasteiger partial charge in [0, 0.05) is 41.7 Å². The minimum atomic E-state index is -1.16. The van der Waals surface area contributed by atoms with E-state index in [2.05, 4.69) is 9.88 Å². The molecule has 204 valence electrons. The summed E-state index contributed by atoms with van der Waals surface area (Å²) in [7, 11) is 1.58. The fraction of sp³-hybridized carbons (Fsp3) is 0.448. The first-order chi connectivity index (χ1) is 18.4. The molecule has 1 N–H and O–H groups in total. The lowest BCUT2D eigenvalue weighted by Crippen LogP contribution is -2.41. The molecule has 0 unspecified atom stereocenters. The van der Waals surface area contributed by atoms with Crippen molar-refractivity contribution < 1.29 is 27.8 Å². The maximum absolute atomic E-state index is 15.5. The summed E-state index contributed by atoms with van der Waals surface area (Å²) in [4.78, 5) is 18.2. The van der Waals surface area contributed by atoms with E-state index in [1.54, 1.807) is 31.5 Å². The molecule has 2 heterocycles. The lowest BCUT2D eigenvalue weighted by atomic mass is 9.79. The number of ether oxygens (including phenoxy) is 1. The van der Waals surface area contributed by atoms with Crippen LogP contribution >= 0.6 is 11.8 Å². The number of pyridine rings is 1. The highest BCUT2D eigenvalue weighted by molar-refractivity contribution is 7.99. The van der Waals surface area contributed by atoms with Gasteiger partial charge in [0.15, 0.2) is 11.6 Å². The summed E-state index contributed by atoms with van der Waals surface area (Å²) in [6.45, 7) is 2.22. The zero-order chi connectivity index (χ0) is 27.1. The van der Waals surface area contributed by atoms with Crippen LogP contribution in [0.5, 0.6) is 5.75 Å². The number of aromatic nitrogens is 1. The van der Waals surface area contributed by atoms with Crippen LogP contribution in [0.4, 0.5) is 13.2 Å². The van der Waals surface area contributed by atoms with E-state index >= 15 is 4.39 Å². The minimum Gasteiger partial charge on any atom is -0.497 e. The summed E-state index contributed by atoms with van der Waals surface area (Å²) >= 11 is 1.28. The van der Waals surface area contributed by atoms with Crippen molar-refractivity contribution in [1.82, 2.24) is 9.88 Å². The topological polar surface area (TPSA) is 62.7 Å². The molecular weight excluding hydrogens is 513 g/mol. The van der Waals surface area contributed by atoms with Gasteiger partial charge >= 0.3 is 5.97 Å². The van der Waals surface area contributed by atoms with Crippen LogP contribution in [-0.4, -0.2) is 53.5 Å². The number of halogens is 3. The van der Waals surface area contributed by atoms with E-state index in [4.69, 9.17) is 4.74 Å². The summed E-state index contributed by atoms with van der Waals surface area (Å²) in [6, 6.07) is 11.3. The fourth-order valence-electron chi connectivity index (χ4n) is 5.32. The average Bonchev–Trinajstić information content (AvgIpc) is 2.92. The van der Waals surface area contributed by atoms with Crippen LogP contribution in [-0.2, 0) is 4.79 Å². The molecule has 0 spiro atoms. The molecule has 1 aliphatic rings. The molecule has 1 fully saturated rings. The van der Waals surface area contributed by atoms with E-state index < -0.39 is 23.8 Å². The monoisotopic (exact) mass is 546 g/mol. The Hall–Kier alpha value is -2.78. The average molecular weight is 547 g/mol. The van der Waals surface area contributed by atoms with Crippen LogP contribution in [0.3, 0.4) is 0 Å². The number of piperidine rings is 1. The second-order valence-electron chi connectivity index (χ2n) is 9.77. The number of thioether (sulfide) groups is 1. The first-order valence-corrected chi connectivity index (χ1v) is 13.9. The third-order valence-electron chi connectivity index (χ3n) is 7.40. The normalized spacial score (nSPS) is 18.9. The maximum atomic E-state index is 15.5. The van der Waals surface area contributed by atoms with Gasteiger partial charge in [0.1, 0.15) is 11.9 Å². The van der Waals surface area contributed by atoms with Crippen LogP contribution < -0.4 is 4.74 Å². The van der Waals surface area contributed by atoms with Crippen LogP contribution in [0, 0.1) is 23.5 Å². The SMILES string of the molecule is COc1ccc2nccc([C@H](F)CC[C@@H]3CCN(CCSc4cccc(F)c4F)C[C@H]3CCC(=O)O)c2c1. The van der Waals surface area contributed by atoms with Gasteiger partial charge in [-0.1, -0.05) is 6.07 Å². The molecule has 3 aromatic rings. The molecule has 0 bridgehead atoms. The van der Waals surface area contributed by atoms with E-state index in [0.29, 0.717) is 42.9 Å². The third-order valence-corrected chi connectivity index (χ3v) is 8.41. The number of hydrogen-bond donors (Lipinski definition) is 1. The zero-order valence-electron chi connectivity index (χ0n) is 21.4. The number of likely N-dealkylation sites (tertiary alicyclic amines) is 1. The standard InChI is InChI=1S/C29H33F3N2O3S/c1-37-21-7-9-26-23(17-21)22(11-13-33-26)24(30)8-5-19-12-14-34(18-20(19)6-10-28(35)36)15-16-38-27-4-2-3-25(31)29(27)32/h2-4,7,9,11,13,17,19-20,24H,5-6,8,10,12,14-16,18H2,1H3,(H,35,36)/t19-,20-,24-/m1/s1. The number of benzene rings is 2. The van der Waals surface area contributed by atoms with Gasteiger partial charge in [-0.25, -0.2) is 13.2 Å². The van der Waals surface area contributed by atoms with Crippen molar-refractivity contribution in [1.29, 1.82) is 0 Å². The van der Waals surface area contributed by atoms with Gasteiger partial charge in [-0.15, -0.1) is 11.8 Å². The number of carboxylic acids is 1. The van der Waals surface area contributed by atoms with Crippen LogP contribution in [0.2, 0.25) is 0 Å². The Bertz CT molecular complexity index is 1240. The van der Waals surface area contributed by atoms with Gasteiger partial charge in [-0.3, -0.25) is 9.78 Å². The summed E-state index contributed by atoms with van der Waals surface area (Å²) in [5, 5.41) is 10.0. The number of hydrogen-bond acceptors (Lipinski definition) is 5. The first kappa shape index (κ1) is 28.2. The quantitative estimate of drug-likeness (QED) is 0.249. The highest BCUT2D eigenvalue weighted by atomic mass is 32.2. The van der Waals surface area contributed by atoms with Crippen molar-refractivity contribution in [2.24, 2.45) is 11.8 Å². The number of nitrogens with zero attached hydrogens (tertiary/aromatic N) is 2. The Balaban J connectivity index is 1.36. The number of methoxy groups -OCH3 is 1. The maximum Gasteiger partial charge on any atom is 0.303 e. The predicted octanol–water partition coefficient (Wildman–Crippen LogP) is 6.91. The van der Waals surface area contributed by atoms with E-state index in [-0.39, 0.29) is 23.2 Å². The van der Waals surface area contributed by atoms with Gasteiger partial charge in [0.2, 0.25) is 0 Å². The Morgan fingerprint density at radius 2 is 2.05 bits per heavy atom. The lowest BCUT2D eigenvalue weighted by Gasteiger charge is -2.39. The van der Waals surface area contributed by atoms with E-state index in [1.807, 2.05) is 12.1 Å². The Morgan fingerprint density at radius 1 is 1.21 bits per heavy atom. The third kappa shape index (κ3) is 7.20. The Labute approximate surface area is 225 Å². The second-order valence-corrected chi connectivity index (χ2v) is 10.9. The van der Waals surface area contributed by atoms with Crippen LogP contribution in [0.1, 0.15) is 43.8 Å². The highest BCUT2D eigenvalue weighted by Gasteiger charge is 2.30. The molecule has 38 heavy (non-hydrogen) atoms. The molecule has 4 rings (SSSR count). The van der Waals surface area contributed by atoms with Crippen molar-refractivity contribution in [2.75, 3.05) is 32.5 Å². The Morgan fingerprint density at radius 3 is 2.84 bits per heavy atom. The van der Waals surface area contributed by atoms with Gasteiger partial charge in [0.25, 0.3) is 0 Å². The summed E-state index contributed by atoms with van der Waals surface area (Å²) in [6.07, 6.45) is 2.93. The van der Waals surface area contributed by atoms with Gasteiger partial charge < -0.3 is 14.7 Å². The number of carboxylic acid groups (broad SMARTS) is 1. The van der Waals surface area contributed by atoms with E-state index in [9.17, 15) is 18.7 Å². The predicted molar refractivity (Wildman–Crippen MR) is 143 cm³/mol. The first-order valence-electron chi connectivity index (χ1n) is 12.9. The number of alkyl halides is 1. The van der Waals surface area contributed by atoms with Crippen molar-refractivity contribution in [2.45, 2.75) is 43.2 Å². The summed E-state index contributed by atoms with van der Waals surface area (Å²) < 4.78 is 48.3. The fourth-order valence-corrected chi connectivity index (χ4v) is 6.29. The van der Waals surface area contributed by atoms with Gasteiger partial charge in [0.05, 0.1) is 12.6 Å². The van der Waals surface area contributed by atoms with Crippen molar-refractivity contribution in [3.8, 4) is 5.75 Å². The molecular formula is C29H33F3N2O3S. The second kappa shape index (κ2) is 13.3. The number of rotatable bonds is 12. The molecule has 3 atom stereocenters. The number of fused-ring (bicyclic) bond motifs is 1. The van der Waals surface area contributed by atoms with Crippen molar-refractivity contribution in [3.05, 3.63) is 65.9 Å². The highest BCUT2D eigenvalue weighted by Crippen LogP contribution is 2.37. The molecule has 0 radical (unpaired) electrons. The largest absolute Gasteiger partial charge is 0.497 e. The molecule has 9 heteroatoms. The molecule has 2 aromatic carbocycles. The summed E-state index contributed by atoms with van der Waals surface area (Å²) in [5.41, 5.74) is 1.31. The van der Waals surface area contributed by atoms with Crippen molar-refractivity contribution in [3.63, 3.8) is 0 Å². The van der Waals surface area contributed by atoms with E-state index in [1.165, 1.54) is 17.8 Å². The van der Waals surface area contributed by atoms with Gasteiger partial charge in [-0.05, 0) is 86.0 Å². The molecule has 1 aliphatic heterocycles. The molecule has 0 aliphatic carbocycles. The Kier molecular flexibility index (Phi) is 9.91. The van der Waals surface area contributed by atoms with Crippen molar-refractivity contribution >= 4 is 28.6 Å². The smallest absolute Gasteiger partial charge is 0.303 e. The molecule has 1 aromatic heterocycles.